The van der Waals surface area contributed by atoms with E-state index in [9.17, 15) is 4.39 Å². The predicted octanol–water partition coefficient (Wildman–Crippen LogP) is 2.83. The molecule has 0 saturated heterocycles. The smallest absolute Gasteiger partial charge is 0.186 e. The summed E-state index contributed by atoms with van der Waals surface area (Å²) in [7, 11) is 0. The van der Waals surface area contributed by atoms with Gasteiger partial charge in [-0.1, -0.05) is 30.3 Å². The Morgan fingerprint density at radius 3 is 2.28 bits per heavy atom. The SMILES string of the molecule is Cc1nc(C(C)(C)c2ccccc2)nc(N)c1F. The number of halogens is 1. The lowest BCUT2D eigenvalue weighted by Gasteiger charge is -2.24. The van der Waals surface area contributed by atoms with E-state index >= 15 is 0 Å². The third kappa shape index (κ3) is 2.06. The Kier molecular flexibility index (Phi) is 3.03. The van der Waals surface area contributed by atoms with Gasteiger partial charge in [-0.05, 0) is 26.3 Å². The quantitative estimate of drug-likeness (QED) is 0.885. The third-order valence-corrected chi connectivity index (χ3v) is 3.10. The van der Waals surface area contributed by atoms with Crippen LogP contribution in [0.25, 0.3) is 0 Å². The van der Waals surface area contributed by atoms with E-state index in [0.717, 1.165) is 5.56 Å². The Balaban J connectivity index is 2.54. The zero-order valence-electron chi connectivity index (χ0n) is 10.7. The van der Waals surface area contributed by atoms with Crippen LogP contribution in [0.3, 0.4) is 0 Å². The van der Waals surface area contributed by atoms with Gasteiger partial charge in [-0.3, -0.25) is 0 Å². The summed E-state index contributed by atoms with van der Waals surface area (Å²) in [4.78, 5) is 8.29. The molecule has 0 saturated carbocycles. The molecule has 4 heteroatoms. The molecule has 2 rings (SSSR count). The fourth-order valence-electron chi connectivity index (χ4n) is 1.84. The molecule has 1 heterocycles. The summed E-state index contributed by atoms with van der Waals surface area (Å²) in [5, 5.41) is 0. The molecule has 0 fully saturated rings. The number of nitrogen functional groups attached to an aromatic ring is 1. The zero-order chi connectivity index (χ0) is 13.3. The van der Waals surface area contributed by atoms with Crippen LogP contribution in [0.1, 0.15) is 30.9 Å². The summed E-state index contributed by atoms with van der Waals surface area (Å²) < 4.78 is 13.5. The number of nitrogens with zero attached hydrogens (tertiary/aromatic N) is 2. The van der Waals surface area contributed by atoms with Gasteiger partial charge < -0.3 is 5.73 Å². The van der Waals surface area contributed by atoms with E-state index in [2.05, 4.69) is 9.97 Å². The maximum Gasteiger partial charge on any atom is 0.186 e. The second kappa shape index (κ2) is 4.37. The molecule has 0 spiro atoms. The Hall–Kier alpha value is -1.97. The minimum atomic E-state index is -0.539. The first kappa shape index (κ1) is 12.5. The Bertz CT molecular complexity index is 542. The number of aromatic nitrogens is 2. The molecule has 2 aromatic rings. The van der Waals surface area contributed by atoms with Gasteiger partial charge in [0.1, 0.15) is 5.82 Å². The summed E-state index contributed by atoms with van der Waals surface area (Å²) in [5.41, 5.74) is 6.51. The van der Waals surface area contributed by atoms with Crippen LogP contribution < -0.4 is 5.73 Å². The van der Waals surface area contributed by atoms with Gasteiger partial charge >= 0.3 is 0 Å². The third-order valence-electron chi connectivity index (χ3n) is 3.10. The van der Waals surface area contributed by atoms with Crippen LogP contribution in [-0.2, 0) is 5.41 Å². The number of hydrogen-bond acceptors (Lipinski definition) is 3. The molecule has 1 aromatic carbocycles. The van der Waals surface area contributed by atoms with E-state index < -0.39 is 11.2 Å². The average molecular weight is 245 g/mol. The summed E-state index contributed by atoms with van der Waals surface area (Å²) in [5.74, 6) is -0.103. The fraction of sp³-hybridized carbons (Fsp3) is 0.286. The average Bonchev–Trinajstić information content (AvgIpc) is 2.36. The second-order valence-corrected chi connectivity index (χ2v) is 4.82. The number of anilines is 1. The molecule has 18 heavy (non-hydrogen) atoms. The van der Waals surface area contributed by atoms with Crippen molar-refractivity contribution in [1.82, 2.24) is 9.97 Å². The molecule has 2 N–H and O–H groups in total. The molecule has 0 amide bonds. The van der Waals surface area contributed by atoms with E-state index in [4.69, 9.17) is 5.73 Å². The predicted molar refractivity (Wildman–Crippen MR) is 69.7 cm³/mol. The van der Waals surface area contributed by atoms with E-state index in [0.29, 0.717) is 5.82 Å². The van der Waals surface area contributed by atoms with E-state index in [1.54, 1.807) is 6.92 Å². The highest BCUT2D eigenvalue weighted by Gasteiger charge is 2.27. The van der Waals surface area contributed by atoms with Gasteiger partial charge in [0.15, 0.2) is 11.6 Å². The van der Waals surface area contributed by atoms with Crippen molar-refractivity contribution in [2.75, 3.05) is 5.73 Å². The molecule has 1 aromatic heterocycles. The topological polar surface area (TPSA) is 51.8 Å². The highest BCUT2D eigenvalue weighted by atomic mass is 19.1. The van der Waals surface area contributed by atoms with Gasteiger partial charge in [-0.25, -0.2) is 14.4 Å². The van der Waals surface area contributed by atoms with Crippen LogP contribution in [0, 0.1) is 12.7 Å². The summed E-state index contributed by atoms with van der Waals surface area (Å²) in [6.45, 7) is 5.58. The van der Waals surface area contributed by atoms with Gasteiger partial charge in [-0.2, -0.15) is 0 Å². The lowest BCUT2D eigenvalue weighted by Crippen LogP contribution is -2.24. The van der Waals surface area contributed by atoms with Crippen molar-refractivity contribution in [3.05, 3.63) is 53.2 Å². The minimum Gasteiger partial charge on any atom is -0.381 e. The number of rotatable bonds is 2. The lowest BCUT2D eigenvalue weighted by molar-refractivity contribution is 0.558. The van der Waals surface area contributed by atoms with Gasteiger partial charge in [0.2, 0.25) is 0 Å². The highest BCUT2D eigenvalue weighted by Crippen LogP contribution is 2.29. The number of benzene rings is 1. The van der Waals surface area contributed by atoms with Crippen LogP contribution in [0.15, 0.2) is 30.3 Å². The molecule has 0 bridgehead atoms. The van der Waals surface area contributed by atoms with Gasteiger partial charge in [0.25, 0.3) is 0 Å². The Labute approximate surface area is 106 Å². The van der Waals surface area contributed by atoms with Crippen LogP contribution in [0.4, 0.5) is 10.2 Å². The van der Waals surface area contributed by atoms with Crippen LogP contribution in [0.2, 0.25) is 0 Å². The van der Waals surface area contributed by atoms with Crippen LogP contribution >= 0.6 is 0 Å². The van der Waals surface area contributed by atoms with Crippen molar-refractivity contribution in [2.45, 2.75) is 26.2 Å². The molecule has 0 atom stereocenters. The van der Waals surface area contributed by atoms with E-state index in [-0.39, 0.29) is 11.5 Å². The first-order valence-electron chi connectivity index (χ1n) is 5.78. The molecule has 0 unspecified atom stereocenters. The van der Waals surface area contributed by atoms with Gasteiger partial charge in [-0.15, -0.1) is 0 Å². The standard InChI is InChI=1S/C14H16FN3/c1-9-11(15)12(16)18-13(17-9)14(2,3)10-7-5-4-6-8-10/h4-8H,1-3H3,(H2,16,17,18). The summed E-state index contributed by atoms with van der Waals surface area (Å²) in [6, 6.07) is 9.86. The number of aryl methyl sites for hydroxylation is 1. The summed E-state index contributed by atoms with van der Waals surface area (Å²) >= 11 is 0. The fourth-order valence-corrected chi connectivity index (χ4v) is 1.84. The second-order valence-electron chi connectivity index (χ2n) is 4.82. The van der Waals surface area contributed by atoms with Gasteiger partial charge in [0.05, 0.1) is 5.69 Å². The maximum absolute atomic E-state index is 13.5. The molecule has 0 aliphatic carbocycles. The molecule has 0 radical (unpaired) electrons. The first-order chi connectivity index (χ1) is 8.43. The van der Waals surface area contributed by atoms with Crippen LogP contribution in [-0.4, -0.2) is 9.97 Å². The van der Waals surface area contributed by atoms with E-state index in [1.807, 2.05) is 44.2 Å². The zero-order valence-corrected chi connectivity index (χ0v) is 10.7. The molecular weight excluding hydrogens is 229 g/mol. The van der Waals surface area contributed by atoms with Crippen molar-refractivity contribution in [1.29, 1.82) is 0 Å². The number of nitrogens with two attached hydrogens (primary N) is 1. The maximum atomic E-state index is 13.5. The molecule has 0 aliphatic heterocycles. The van der Waals surface area contributed by atoms with E-state index in [1.165, 1.54) is 0 Å². The normalized spacial score (nSPS) is 11.6. The van der Waals surface area contributed by atoms with Crippen molar-refractivity contribution in [3.63, 3.8) is 0 Å². The highest BCUT2D eigenvalue weighted by molar-refractivity contribution is 5.37. The molecule has 0 aliphatic rings. The Morgan fingerprint density at radius 2 is 1.72 bits per heavy atom. The van der Waals surface area contributed by atoms with Gasteiger partial charge in [0, 0.05) is 5.41 Å². The largest absolute Gasteiger partial charge is 0.381 e. The lowest BCUT2D eigenvalue weighted by atomic mass is 9.83. The van der Waals surface area contributed by atoms with Crippen molar-refractivity contribution < 1.29 is 4.39 Å². The molecule has 94 valence electrons. The molecule has 3 nitrogen and oxygen atoms in total. The number of hydrogen-bond donors (Lipinski definition) is 1. The summed E-state index contributed by atoms with van der Waals surface area (Å²) in [6.07, 6.45) is 0. The minimum absolute atomic E-state index is 0.0958. The van der Waals surface area contributed by atoms with Crippen molar-refractivity contribution >= 4 is 5.82 Å². The van der Waals surface area contributed by atoms with Crippen molar-refractivity contribution in [3.8, 4) is 0 Å². The van der Waals surface area contributed by atoms with Crippen molar-refractivity contribution in [2.24, 2.45) is 0 Å². The Morgan fingerprint density at radius 1 is 1.11 bits per heavy atom. The molecular formula is C14H16FN3. The monoisotopic (exact) mass is 245 g/mol. The first-order valence-corrected chi connectivity index (χ1v) is 5.78. The van der Waals surface area contributed by atoms with Crippen LogP contribution in [0.5, 0.6) is 0 Å².